The van der Waals surface area contributed by atoms with Crippen molar-refractivity contribution in [1.29, 1.82) is 0 Å². The maximum absolute atomic E-state index is 11.2. The Hall–Kier alpha value is -1.63. The van der Waals surface area contributed by atoms with Crippen LogP contribution in [0.1, 0.15) is 32.0 Å². The van der Waals surface area contributed by atoms with Gasteiger partial charge in [0.25, 0.3) is 0 Å². The van der Waals surface area contributed by atoms with Crippen LogP contribution in [0.25, 0.3) is 0 Å². The number of aliphatic hydroxyl groups excluding tert-OH is 1. The van der Waals surface area contributed by atoms with E-state index in [-0.39, 0.29) is 16.7 Å². The first-order valence-electron chi connectivity index (χ1n) is 6.08. The average molecular weight is 254 g/mol. The predicted octanol–water partition coefficient (Wildman–Crippen LogP) is 1.25. The molecule has 7 heteroatoms. The third-order valence-electron chi connectivity index (χ3n) is 3.16. The number of β-amino-alcohol motifs (C(OH)–C–C–N with tert-alkyl or cyclic N) is 1. The second kappa shape index (κ2) is 4.56. The van der Waals surface area contributed by atoms with E-state index < -0.39 is 6.10 Å². The van der Waals surface area contributed by atoms with E-state index in [2.05, 4.69) is 5.10 Å². The van der Waals surface area contributed by atoms with Crippen molar-refractivity contribution in [2.24, 2.45) is 0 Å². The van der Waals surface area contributed by atoms with E-state index >= 15 is 0 Å². The third kappa shape index (κ3) is 2.05. The second-order valence-electron chi connectivity index (χ2n) is 4.94. The van der Waals surface area contributed by atoms with Gasteiger partial charge >= 0.3 is 5.69 Å². The molecule has 1 saturated heterocycles. The Morgan fingerprint density at radius 2 is 2.22 bits per heavy atom. The molecule has 7 nitrogen and oxygen atoms in total. The highest BCUT2D eigenvalue weighted by atomic mass is 16.6. The molecule has 1 N–H and O–H groups in total. The van der Waals surface area contributed by atoms with E-state index in [1.165, 1.54) is 0 Å². The lowest BCUT2D eigenvalue weighted by Crippen LogP contribution is -2.25. The lowest BCUT2D eigenvalue weighted by Gasteiger charge is -2.20. The molecule has 0 amide bonds. The zero-order valence-electron chi connectivity index (χ0n) is 10.8. The van der Waals surface area contributed by atoms with Gasteiger partial charge in [-0.3, -0.25) is 10.1 Å². The van der Waals surface area contributed by atoms with Crippen molar-refractivity contribution in [2.45, 2.75) is 39.3 Å². The summed E-state index contributed by atoms with van der Waals surface area (Å²) in [5.74, 6) is 0.518. The van der Waals surface area contributed by atoms with Crippen molar-refractivity contribution >= 4 is 11.5 Å². The average Bonchev–Trinajstić information content (AvgIpc) is 2.81. The standard InChI is InChI=1S/C11H18N4O3/c1-7(2)14-11(13-5-4-9(16)6-13)10(15(17)18)8(3)12-14/h7,9,16H,4-6H2,1-3H3. The van der Waals surface area contributed by atoms with Crippen LogP contribution in [0.15, 0.2) is 0 Å². The van der Waals surface area contributed by atoms with Gasteiger partial charge in [0.15, 0.2) is 0 Å². The first-order chi connectivity index (χ1) is 8.41. The first-order valence-corrected chi connectivity index (χ1v) is 6.08. The van der Waals surface area contributed by atoms with Gasteiger partial charge in [0, 0.05) is 19.1 Å². The normalized spacial score (nSPS) is 19.8. The fourth-order valence-corrected chi connectivity index (χ4v) is 2.33. The fraction of sp³-hybridized carbons (Fsp3) is 0.727. The zero-order chi connectivity index (χ0) is 13.4. The Balaban J connectivity index is 2.51. The minimum absolute atomic E-state index is 0.0464. The number of hydrogen-bond acceptors (Lipinski definition) is 5. The van der Waals surface area contributed by atoms with Gasteiger partial charge in [0.1, 0.15) is 5.69 Å². The van der Waals surface area contributed by atoms with Crippen molar-refractivity contribution in [1.82, 2.24) is 9.78 Å². The van der Waals surface area contributed by atoms with Gasteiger partial charge in [0.2, 0.25) is 5.82 Å². The first kappa shape index (κ1) is 12.8. The van der Waals surface area contributed by atoms with E-state index in [1.807, 2.05) is 18.7 Å². The molecule has 1 unspecified atom stereocenters. The Morgan fingerprint density at radius 3 is 2.67 bits per heavy atom. The smallest absolute Gasteiger partial charge is 0.333 e. The Bertz CT molecular complexity index is 469. The Labute approximate surface area is 105 Å². The van der Waals surface area contributed by atoms with Crippen molar-refractivity contribution in [3.05, 3.63) is 15.8 Å². The van der Waals surface area contributed by atoms with Crippen molar-refractivity contribution < 1.29 is 10.0 Å². The molecule has 18 heavy (non-hydrogen) atoms. The summed E-state index contributed by atoms with van der Waals surface area (Å²) >= 11 is 0. The van der Waals surface area contributed by atoms with Crippen LogP contribution in [-0.4, -0.2) is 39.0 Å². The van der Waals surface area contributed by atoms with Crippen LogP contribution in [0.2, 0.25) is 0 Å². The zero-order valence-corrected chi connectivity index (χ0v) is 10.8. The summed E-state index contributed by atoms with van der Waals surface area (Å²) in [4.78, 5) is 12.6. The summed E-state index contributed by atoms with van der Waals surface area (Å²) in [6.07, 6.45) is 0.222. The quantitative estimate of drug-likeness (QED) is 0.648. The molecule has 1 aromatic heterocycles. The number of nitrogens with zero attached hydrogens (tertiary/aromatic N) is 4. The van der Waals surface area contributed by atoms with E-state index in [0.717, 1.165) is 0 Å². The molecule has 1 aliphatic heterocycles. The molecule has 0 aromatic carbocycles. The van der Waals surface area contributed by atoms with Crippen LogP contribution < -0.4 is 4.90 Å². The van der Waals surface area contributed by atoms with E-state index in [9.17, 15) is 15.2 Å². The van der Waals surface area contributed by atoms with Gasteiger partial charge in [-0.15, -0.1) is 0 Å². The molecular formula is C11H18N4O3. The van der Waals surface area contributed by atoms with Gasteiger partial charge in [0.05, 0.1) is 11.0 Å². The minimum Gasteiger partial charge on any atom is -0.391 e. The maximum Gasteiger partial charge on any atom is 0.333 e. The van der Waals surface area contributed by atoms with Gasteiger partial charge in [-0.05, 0) is 27.2 Å². The van der Waals surface area contributed by atoms with Crippen LogP contribution in [-0.2, 0) is 0 Å². The molecular weight excluding hydrogens is 236 g/mol. The van der Waals surface area contributed by atoms with Crippen LogP contribution in [0.3, 0.4) is 0 Å². The molecule has 1 aliphatic rings. The highest BCUT2D eigenvalue weighted by Gasteiger charge is 2.33. The lowest BCUT2D eigenvalue weighted by molar-refractivity contribution is -0.384. The monoisotopic (exact) mass is 254 g/mol. The fourth-order valence-electron chi connectivity index (χ4n) is 2.33. The number of aryl methyl sites for hydroxylation is 1. The topological polar surface area (TPSA) is 84.4 Å². The number of aliphatic hydroxyl groups is 1. The van der Waals surface area contributed by atoms with E-state index in [1.54, 1.807) is 11.6 Å². The van der Waals surface area contributed by atoms with Crippen molar-refractivity contribution in [3.63, 3.8) is 0 Å². The van der Waals surface area contributed by atoms with Gasteiger partial charge in [-0.1, -0.05) is 0 Å². The third-order valence-corrected chi connectivity index (χ3v) is 3.16. The number of aromatic nitrogens is 2. The van der Waals surface area contributed by atoms with Crippen LogP contribution in [0, 0.1) is 17.0 Å². The summed E-state index contributed by atoms with van der Waals surface area (Å²) in [5, 5.41) is 25.0. The highest BCUT2D eigenvalue weighted by Crippen LogP contribution is 2.35. The molecule has 2 rings (SSSR count). The summed E-state index contributed by atoms with van der Waals surface area (Å²) in [6.45, 7) is 6.57. The number of hydrogen-bond donors (Lipinski definition) is 1. The number of nitro groups is 1. The SMILES string of the molecule is Cc1nn(C(C)C)c(N2CCC(O)C2)c1[N+](=O)[O-]. The molecule has 0 saturated carbocycles. The minimum atomic E-state index is -0.416. The summed E-state index contributed by atoms with van der Waals surface area (Å²) in [5.41, 5.74) is 0.475. The Kier molecular flexibility index (Phi) is 3.25. The van der Waals surface area contributed by atoms with Crippen LogP contribution in [0.5, 0.6) is 0 Å². The van der Waals surface area contributed by atoms with Gasteiger partial charge < -0.3 is 10.0 Å². The molecule has 1 aromatic rings. The van der Waals surface area contributed by atoms with E-state index in [4.69, 9.17) is 0 Å². The molecule has 2 heterocycles. The molecule has 100 valence electrons. The number of rotatable bonds is 3. The molecule has 0 radical (unpaired) electrons. The molecule has 0 bridgehead atoms. The number of anilines is 1. The van der Waals surface area contributed by atoms with Gasteiger partial charge in [-0.25, -0.2) is 4.68 Å². The van der Waals surface area contributed by atoms with Crippen LogP contribution >= 0.6 is 0 Å². The highest BCUT2D eigenvalue weighted by molar-refractivity contribution is 5.62. The lowest BCUT2D eigenvalue weighted by atomic mass is 10.3. The van der Waals surface area contributed by atoms with Crippen LogP contribution in [0.4, 0.5) is 11.5 Å². The maximum atomic E-state index is 11.2. The molecule has 1 fully saturated rings. The summed E-state index contributed by atoms with van der Waals surface area (Å²) in [7, 11) is 0. The van der Waals surface area contributed by atoms with Crippen molar-refractivity contribution in [2.75, 3.05) is 18.0 Å². The van der Waals surface area contributed by atoms with E-state index in [0.29, 0.717) is 31.0 Å². The second-order valence-corrected chi connectivity index (χ2v) is 4.94. The predicted molar refractivity (Wildman–Crippen MR) is 66.8 cm³/mol. The Morgan fingerprint density at radius 1 is 1.56 bits per heavy atom. The summed E-state index contributed by atoms with van der Waals surface area (Å²) in [6, 6.07) is 0.0464. The molecule has 1 atom stereocenters. The molecule has 0 aliphatic carbocycles. The summed E-state index contributed by atoms with van der Waals surface area (Å²) < 4.78 is 1.67. The molecule has 0 spiro atoms. The van der Waals surface area contributed by atoms with Gasteiger partial charge in [-0.2, -0.15) is 5.10 Å². The largest absolute Gasteiger partial charge is 0.391 e. The van der Waals surface area contributed by atoms with Crippen molar-refractivity contribution in [3.8, 4) is 0 Å².